The van der Waals surface area contributed by atoms with Crippen molar-refractivity contribution in [3.63, 3.8) is 0 Å². The summed E-state index contributed by atoms with van der Waals surface area (Å²) in [5.74, 6) is 5.06. The Balaban J connectivity index is 1.75. The molecule has 2 aliphatic rings. The molecule has 3 unspecified atom stereocenters. The highest BCUT2D eigenvalue weighted by Gasteiger charge is 2.48. The Hall–Kier alpha value is -0.760. The Morgan fingerprint density at radius 3 is 2.62 bits per heavy atom. The molecule has 0 amide bonds. The minimum atomic E-state index is 0.450. The number of aryl methyl sites for hydroxylation is 1. The van der Waals surface area contributed by atoms with Crippen LogP contribution in [0, 0.1) is 24.7 Å². The lowest BCUT2D eigenvalue weighted by Crippen LogP contribution is -2.27. The lowest BCUT2D eigenvalue weighted by Gasteiger charge is -2.23. The summed E-state index contributed by atoms with van der Waals surface area (Å²) in [5, 5.41) is 3.60. The predicted octanol–water partition coefficient (Wildman–Crippen LogP) is 3.28. The van der Waals surface area contributed by atoms with Crippen LogP contribution in [0.1, 0.15) is 43.7 Å². The van der Waals surface area contributed by atoms with Gasteiger partial charge in [-0.1, -0.05) is 6.92 Å². The van der Waals surface area contributed by atoms with Crippen molar-refractivity contribution in [2.45, 2.75) is 39.2 Å². The van der Waals surface area contributed by atoms with Crippen molar-refractivity contribution in [3.8, 4) is 0 Å². The first-order chi connectivity index (χ1) is 7.78. The highest BCUT2D eigenvalue weighted by Crippen LogP contribution is 2.57. The second-order valence-electron chi connectivity index (χ2n) is 5.47. The third-order valence-electron chi connectivity index (χ3n) is 4.24. The van der Waals surface area contributed by atoms with Gasteiger partial charge in [0.1, 0.15) is 11.5 Å². The fourth-order valence-corrected chi connectivity index (χ4v) is 3.37. The van der Waals surface area contributed by atoms with E-state index in [0.717, 1.165) is 35.8 Å². The van der Waals surface area contributed by atoms with Gasteiger partial charge in [-0.3, -0.25) is 0 Å². The first-order valence-corrected chi connectivity index (χ1v) is 6.57. The Kier molecular flexibility index (Phi) is 2.55. The van der Waals surface area contributed by atoms with Gasteiger partial charge in [0.05, 0.1) is 6.04 Å². The van der Waals surface area contributed by atoms with Gasteiger partial charge in [0.2, 0.25) is 0 Å². The standard InChI is InChI=1S/C14H21NO/c1-3-15-14(13-5-4-9(2)16-13)12-7-10-6-11(10)8-12/h4-5,10-12,14-15H,3,6-8H2,1-2H3. The third kappa shape index (κ3) is 1.80. The van der Waals surface area contributed by atoms with E-state index in [2.05, 4.69) is 24.4 Å². The van der Waals surface area contributed by atoms with Crippen molar-refractivity contribution < 1.29 is 4.42 Å². The van der Waals surface area contributed by atoms with E-state index in [1.807, 2.05) is 6.92 Å². The van der Waals surface area contributed by atoms with Crippen LogP contribution in [0.3, 0.4) is 0 Å². The van der Waals surface area contributed by atoms with Gasteiger partial charge < -0.3 is 9.73 Å². The van der Waals surface area contributed by atoms with Crippen molar-refractivity contribution >= 4 is 0 Å². The number of rotatable bonds is 4. The summed E-state index contributed by atoms with van der Waals surface area (Å²) in [6.07, 6.45) is 4.30. The van der Waals surface area contributed by atoms with E-state index in [1.54, 1.807) is 0 Å². The van der Waals surface area contributed by atoms with Crippen molar-refractivity contribution in [1.82, 2.24) is 5.32 Å². The molecule has 1 N–H and O–H groups in total. The Bertz CT molecular complexity index is 361. The second-order valence-corrected chi connectivity index (χ2v) is 5.47. The highest BCUT2D eigenvalue weighted by molar-refractivity contribution is 5.13. The van der Waals surface area contributed by atoms with E-state index in [-0.39, 0.29) is 0 Å². The fraction of sp³-hybridized carbons (Fsp3) is 0.714. The molecule has 3 atom stereocenters. The maximum Gasteiger partial charge on any atom is 0.121 e. The van der Waals surface area contributed by atoms with Gasteiger partial charge >= 0.3 is 0 Å². The van der Waals surface area contributed by atoms with Crippen molar-refractivity contribution in [1.29, 1.82) is 0 Å². The quantitative estimate of drug-likeness (QED) is 0.840. The average Bonchev–Trinajstić information content (AvgIpc) is 2.71. The molecular formula is C14H21NO. The minimum Gasteiger partial charge on any atom is -0.465 e. The molecule has 2 heteroatoms. The summed E-state index contributed by atoms with van der Waals surface area (Å²) in [7, 11) is 0. The molecule has 88 valence electrons. The highest BCUT2D eigenvalue weighted by atomic mass is 16.3. The summed E-state index contributed by atoms with van der Waals surface area (Å²) >= 11 is 0. The van der Waals surface area contributed by atoms with Crippen LogP contribution in [0.2, 0.25) is 0 Å². The van der Waals surface area contributed by atoms with Crippen LogP contribution in [-0.2, 0) is 0 Å². The van der Waals surface area contributed by atoms with E-state index in [1.165, 1.54) is 19.3 Å². The smallest absolute Gasteiger partial charge is 0.121 e. The largest absolute Gasteiger partial charge is 0.465 e. The lowest BCUT2D eigenvalue weighted by atomic mass is 9.92. The van der Waals surface area contributed by atoms with Crippen LogP contribution in [0.25, 0.3) is 0 Å². The van der Waals surface area contributed by atoms with Crippen LogP contribution >= 0.6 is 0 Å². The molecule has 2 fully saturated rings. The molecule has 0 saturated heterocycles. The molecule has 0 radical (unpaired) electrons. The summed E-state index contributed by atoms with van der Waals surface area (Å²) in [4.78, 5) is 0. The van der Waals surface area contributed by atoms with Crippen LogP contribution < -0.4 is 5.32 Å². The van der Waals surface area contributed by atoms with Crippen molar-refractivity contribution in [2.24, 2.45) is 17.8 Å². The van der Waals surface area contributed by atoms with Crippen LogP contribution in [0.15, 0.2) is 16.5 Å². The summed E-state index contributed by atoms with van der Waals surface area (Å²) in [5.41, 5.74) is 0. The van der Waals surface area contributed by atoms with Gasteiger partial charge in [0.25, 0.3) is 0 Å². The minimum absolute atomic E-state index is 0.450. The zero-order valence-electron chi connectivity index (χ0n) is 10.2. The average molecular weight is 219 g/mol. The SMILES string of the molecule is CCNC(c1ccc(C)o1)C1CC2CC2C1. The number of furan rings is 1. The second kappa shape index (κ2) is 3.92. The van der Waals surface area contributed by atoms with E-state index < -0.39 is 0 Å². The van der Waals surface area contributed by atoms with Gasteiger partial charge in [-0.25, -0.2) is 0 Å². The van der Waals surface area contributed by atoms with Gasteiger partial charge in [0, 0.05) is 0 Å². The molecular weight excluding hydrogens is 198 g/mol. The molecule has 1 aromatic heterocycles. The number of nitrogens with one attached hydrogen (secondary N) is 1. The number of hydrogen-bond acceptors (Lipinski definition) is 2. The normalized spacial score (nSPS) is 33.8. The Labute approximate surface area is 97.4 Å². The van der Waals surface area contributed by atoms with Crippen molar-refractivity contribution in [3.05, 3.63) is 23.7 Å². The Morgan fingerprint density at radius 2 is 2.06 bits per heavy atom. The first-order valence-electron chi connectivity index (χ1n) is 6.57. The van der Waals surface area contributed by atoms with Crippen LogP contribution in [0.4, 0.5) is 0 Å². The van der Waals surface area contributed by atoms with E-state index in [9.17, 15) is 0 Å². The zero-order chi connectivity index (χ0) is 11.1. The molecule has 0 spiro atoms. The fourth-order valence-electron chi connectivity index (χ4n) is 3.37. The summed E-state index contributed by atoms with van der Waals surface area (Å²) in [6, 6.07) is 4.67. The molecule has 3 rings (SSSR count). The van der Waals surface area contributed by atoms with Crippen molar-refractivity contribution in [2.75, 3.05) is 6.54 Å². The molecule has 1 heterocycles. The lowest BCUT2D eigenvalue weighted by molar-refractivity contribution is 0.295. The van der Waals surface area contributed by atoms with Crippen LogP contribution in [0.5, 0.6) is 0 Å². The van der Waals surface area contributed by atoms with Gasteiger partial charge in [-0.15, -0.1) is 0 Å². The maximum absolute atomic E-state index is 5.80. The summed E-state index contributed by atoms with van der Waals surface area (Å²) in [6.45, 7) is 5.23. The van der Waals surface area contributed by atoms with E-state index >= 15 is 0 Å². The molecule has 2 saturated carbocycles. The Morgan fingerprint density at radius 1 is 1.31 bits per heavy atom. The molecule has 0 aromatic carbocycles. The molecule has 2 nitrogen and oxygen atoms in total. The monoisotopic (exact) mass is 219 g/mol. The zero-order valence-corrected chi connectivity index (χ0v) is 10.2. The summed E-state index contributed by atoms with van der Waals surface area (Å²) < 4.78 is 5.80. The van der Waals surface area contributed by atoms with E-state index in [0.29, 0.717) is 6.04 Å². The van der Waals surface area contributed by atoms with Gasteiger partial charge in [0.15, 0.2) is 0 Å². The van der Waals surface area contributed by atoms with Gasteiger partial charge in [-0.2, -0.15) is 0 Å². The topological polar surface area (TPSA) is 25.2 Å². The number of fused-ring (bicyclic) bond motifs is 1. The molecule has 0 aliphatic heterocycles. The van der Waals surface area contributed by atoms with E-state index in [4.69, 9.17) is 4.42 Å². The predicted molar refractivity (Wildman–Crippen MR) is 64.2 cm³/mol. The molecule has 1 aromatic rings. The third-order valence-corrected chi connectivity index (χ3v) is 4.24. The maximum atomic E-state index is 5.80. The molecule has 0 bridgehead atoms. The van der Waals surface area contributed by atoms with Crippen LogP contribution in [-0.4, -0.2) is 6.54 Å². The molecule has 16 heavy (non-hydrogen) atoms. The number of hydrogen-bond donors (Lipinski definition) is 1. The molecule has 2 aliphatic carbocycles. The van der Waals surface area contributed by atoms with Gasteiger partial charge in [-0.05, 0) is 62.6 Å². The first kappa shape index (κ1) is 10.4.